The van der Waals surface area contributed by atoms with E-state index in [1.165, 1.54) is 12.3 Å². The summed E-state index contributed by atoms with van der Waals surface area (Å²) in [6.07, 6.45) is 3.29. The molecule has 1 unspecified atom stereocenters. The van der Waals surface area contributed by atoms with Crippen LogP contribution in [0.25, 0.3) is 0 Å². The van der Waals surface area contributed by atoms with Crippen molar-refractivity contribution in [3.05, 3.63) is 53.6 Å². The van der Waals surface area contributed by atoms with Gasteiger partial charge in [-0.05, 0) is 36.8 Å². The zero-order valence-corrected chi connectivity index (χ0v) is 14.3. The predicted molar refractivity (Wildman–Crippen MR) is 89.9 cm³/mol. The number of aromatic nitrogens is 1. The van der Waals surface area contributed by atoms with Crippen LogP contribution in [0.1, 0.15) is 28.4 Å². The lowest BCUT2D eigenvalue weighted by atomic mass is 10.0. The molecule has 2 aromatic rings. The number of hydrogen-bond donors (Lipinski definition) is 1. The van der Waals surface area contributed by atoms with Gasteiger partial charge in [0.1, 0.15) is 5.82 Å². The molecule has 1 N–H and O–H groups in total. The van der Waals surface area contributed by atoms with Crippen LogP contribution < -0.4 is 5.32 Å². The first-order valence-corrected chi connectivity index (χ1v) is 9.58. The van der Waals surface area contributed by atoms with Crippen LogP contribution in [0.5, 0.6) is 0 Å². The van der Waals surface area contributed by atoms with Gasteiger partial charge in [0, 0.05) is 30.7 Å². The number of anilines is 1. The summed E-state index contributed by atoms with van der Waals surface area (Å²) in [4.78, 5) is 16.4. The molecule has 0 radical (unpaired) electrons. The van der Waals surface area contributed by atoms with Crippen LogP contribution in [0.4, 0.5) is 10.1 Å². The summed E-state index contributed by atoms with van der Waals surface area (Å²) in [6.45, 7) is 1.32. The van der Waals surface area contributed by atoms with E-state index in [0.29, 0.717) is 13.2 Å². The van der Waals surface area contributed by atoms with E-state index in [-0.39, 0.29) is 22.1 Å². The SMILES string of the molecule is CS(=O)(=O)c1cc(F)ccc1NC(=O)c1ccc(C2CCOC2)nc1. The van der Waals surface area contributed by atoms with E-state index in [1.807, 2.05) is 0 Å². The van der Waals surface area contributed by atoms with Crippen molar-refractivity contribution in [2.24, 2.45) is 0 Å². The second-order valence-corrected chi connectivity index (χ2v) is 7.88. The van der Waals surface area contributed by atoms with E-state index in [0.717, 1.165) is 30.5 Å². The van der Waals surface area contributed by atoms with Gasteiger partial charge in [-0.2, -0.15) is 0 Å². The number of carbonyl (C=O) groups excluding carboxylic acids is 1. The Morgan fingerprint density at radius 1 is 1.32 bits per heavy atom. The molecule has 6 nitrogen and oxygen atoms in total. The Kier molecular flexibility index (Phi) is 4.82. The molecule has 1 fully saturated rings. The highest BCUT2D eigenvalue weighted by atomic mass is 32.2. The molecule has 1 aromatic heterocycles. The van der Waals surface area contributed by atoms with Crippen molar-refractivity contribution >= 4 is 21.4 Å². The summed E-state index contributed by atoms with van der Waals surface area (Å²) in [7, 11) is -3.69. The third-order valence-electron chi connectivity index (χ3n) is 3.99. The van der Waals surface area contributed by atoms with Gasteiger partial charge >= 0.3 is 0 Å². The van der Waals surface area contributed by atoms with Crippen molar-refractivity contribution in [1.29, 1.82) is 0 Å². The van der Waals surface area contributed by atoms with Crippen molar-refractivity contribution in [1.82, 2.24) is 4.98 Å². The number of ether oxygens (including phenoxy) is 1. The largest absolute Gasteiger partial charge is 0.381 e. The number of carbonyl (C=O) groups is 1. The number of sulfone groups is 1. The minimum Gasteiger partial charge on any atom is -0.381 e. The first-order chi connectivity index (χ1) is 11.8. The molecule has 2 heterocycles. The van der Waals surface area contributed by atoms with E-state index in [9.17, 15) is 17.6 Å². The highest BCUT2D eigenvalue weighted by molar-refractivity contribution is 7.90. The molecule has 1 amide bonds. The second kappa shape index (κ2) is 6.89. The third-order valence-corrected chi connectivity index (χ3v) is 5.12. The van der Waals surface area contributed by atoms with Crippen molar-refractivity contribution in [3.8, 4) is 0 Å². The maximum atomic E-state index is 13.3. The van der Waals surface area contributed by atoms with Crippen LogP contribution in [0.3, 0.4) is 0 Å². The summed E-state index contributed by atoms with van der Waals surface area (Å²) >= 11 is 0. The zero-order valence-electron chi connectivity index (χ0n) is 13.5. The molecular weight excluding hydrogens is 347 g/mol. The Morgan fingerprint density at radius 3 is 2.72 bits per heavy atom. The Balaban J connectivity index is 1.81. The molecule has 0 saturated carbocycles. The van der Waals surface area contributed by atoms with E-state index >= 15 is 0 Å². The number of pyridine rings is 1. The summed E-state index contributed by atoms with van der Waals surface area (Å²) < 4.78 is 42.2. The molecule has 1 aliphatic rings. The molecule has 132 valence electrons. The quantitative estimate of drug-likeness (QED) is 0.900. The van der Waals surface area contributed by atoms with Crippen LogP contribution in [0, 0.1) is 5.82 Å². The molecule has 0 spiro atoms. The number of halogens is 1. The average molecular weight is 364 g/mol. The Hall–Kier alpha value is -2.32. The molecule has 1 saturated heterocycles. The van der Waals surface area contributed by atoms with Gasteiger partial charge in [0.05, 0.1) is 22.8 Å². The van der Waals surface area contributed by atoms with Gasteiger partial charge in [0.25, 0.3) is 5.91 Å². The van der Waals surface area contributed by atoms with Crippen LogP contribution in [-0.4, -0.2) is 38.8 Å². The topological polar surface area (TPSA) is 85.4 Å². The molecule has 8 heteroatoms. The molecule has 0 aliphatic carbocycles. The van der Waals surface area contributed by atoms with Crippen molar-refractivity contribution in [2.45, 2.75) is 17.2 Å². The third kappa shape index (κ3) is 4.02. The van der Waals surface area contributed by atoms with Crippen LogP contribution in [-0.2, 0) is 14.6 Å². The second-order valence-electron chi connectivity index (χ2n) is 5.90. The van der Waals surface area contributed by atoms with Gasteiger partial charge in [0.2, 0.25) is 0 Å². The van der Waals surface area contributed by atoms with Gasteiger partial charge in [-0.25, -0.2) is 12.8 Å². The summed E-state index contributed by atoms with van der Waals surface area (Å²) in [5.74, 6) is -0.979. The van der Waals surface area contributed by atoms with E-state index < -0.39 is 21.6 Å². The number of nitrogens with zero attached hydrogens (tertiary/aromatic N) is 1. The lowest BCUT2D eigenvalue weighted by molar-refractivity contribution is 0.102. The number of benzene rings is 1. The molecule has 25 heavy (non-hydrogen) atoms. The van der Waals surface area contributed by atoms with Crippen molar-refractivity contribution in [2.75, 3.05) is 24.8 Å². The maximum Gasteiger partial charge on any atom is 0.257 e. The minimum absolute atomic E-state index is 0.0298. The smallest absolute Gasteiger partial charge is 0.257 e. The highest BCUT2D eigenvalue weighted by Gasteiger charge is 2.20. The Bertz CT molecular complexity index is 891. The van der Waals surface area contributed by atoms with Crippen LogP contribution in [0.15, 0.2) is 41.4 Å². The summed E-state index contributed by atoms with van der Waals surface area (Å²) in [6, 6.07) is 6.58. The fraction of sp³-hybridized carbons (Fsp3) is 0.294. The fourth-order valence-electron chi connectivity index (χ4n) is 2.65. The predicted octanol–water partition coefficient (Wildman–Crippen LogP) is 2.38. The molecule has 1 aromatic carbocycles. The average Bonchev–Trinajstić information content (AvgIpc) is 3.10. The number of rotatable bonds is 4. The van der Waals surface area contributed by atoms with Gasteiger partial charge < -0.3 is 10.1 Å². The monoisotopic (exact) mass is 364 g/mol. The van der Waals surface area contributed by atoms with Gasteiger partial charge in [-0.3, -0.25) is 9.78 Å². The standard InChI is InChI=1S/C17H17FN2O4S/c1-25(22,23)16-8-13(18)3-5-15(16)20-17(21)11-2-4-14(19-9-11)12-6-7-24-10-12/h2-5,8-9,12H,6-7,10H2,1H3,(H,20,21). The first-order valence-electron chi connectivity index (χ1n) is 7.69. The van der Waals surface area contributed by atoms with Crippen LogP contribution >= 0.6 is 0 Å². The van der Waals surface area contributed by atoms with E-state index in [1.54, 1.807) is 12.1 Å². The fourth-order valence-corrected chi connectivity index (χ4v) is 3.49. The van der Waals surface area contributed by atoms with Crippen molar-refractivity contribution < 1.29 is 22.3 Å². The Labute approximate surface area is 145 Å². The Morgan fingerprint density at radius 2 is 2.12 bits per heavy atom. The summed E-state index contributed by atoms with van der Waals surface area (Å²) in [5, 5.41) is 2.50. The maximum absolute atomic E-state index is 13.3. The van der Waals surface area contributed by atoms with Crippen LogP contribution in [0.2, 0.25) is 0 Å². The molecule has 1 aliphatic heterocycles. The number of hydrogen-bond acceptors (Lipinski definition) is 5. The lowest BCUT2D eigenvalue weighted by Crippen LogP contribution is -2.15. The number of nitrogens with one attached hydrogen (secondary N) is 1. The lowest BCUT2D eigenvalue weighted by Gasteiger charge is -2.11. The highest BCUT2D eigenvalue weighted by Crippen LogP contribution is 2.25. The van der Waals surface area contributed by atoms with Gasteiger partial charge in [0.15, 0.2) is 9.84 Å². The molecular formula is C17H17FN2O4S. The minimum atomic E-state index is -3.69. The normalized spacial score (nSPS) is 17.4. The summed E-state index contributed by atoms with van der Waals surface area (Å²) in [5.41, 5.74) is 1.17. The first kappa shape index (κ1) is 17.5. The van der Waals surface area contributed by atoms with E-state index in [4.69, 9.17) is 4.74 Å². The molecule has 1 atom stereocenters. The molecule has 3 rings (SSSR count). The van der Waals surface area contributed by atoms with Gasteiger partial charge in [-0.1, -0.05) is 0 Å². The number of amides is 1. The van der Waals surface area contributed by atoms with Crippen molar-refractivity contribution in [3.63, 3.8) is 0 Å². The molecule has 0 bridgehead atoms. The zero-order chi connectivity index (χ0) is 18.0. The van der Waals surface area contributed by atoms with Gasteiger partial charge in [-0.15, -0.1) is 0 Å². The van der Waals surface area contributed by atoms with E-state index in [2.05, 4.69) is 10.3 Å².